The molecule has 1 saturated heterocycles. The molecule has 0 aromatic heterocycles. The van der Waals surface area contributed by atoms with Crippen LogP contribution in [0.3, 0.4) is 0 Å². The molecule has 1 atom stereocenters. The second-order valence-electron chi connectivity index (χ2n) is 7.81. The third-order valence-corrected chi connectivity index (χ3v) is 6.80. The standard InChI is InChI=1S/C20H33N3O4S/c1-14(2)17-12-19(18(27-4)11-15(17)3)28(25,26)22-8-6-10-23-9-5-7-16(13-23)20(21)24/h11-12,14,16,22H,5-10,13H2,1-4H3,(H2,21,24). The van der Waals surface area contributed by atoms with Crippen LogP contribution in [0.5, 0.6) is 5.75 Å². The van der Waals surface area contributed by atoms with Gasteiger partial charge in [-0.3, -0.25) is 4.79 Å². The Bertz CT molecular complexity index is 793. The summed E-state index contributed by atoms with van der Waals surface area (Å²) in [5.41, 5.74) is 7.41. The molecule has 0 saturated carbocycles. The number of hydrogen-bond donors (Lipinski definition) is 2. The normalized spacial score (nSPS) is 18.4. The first-order valence-electron chi connectivity index (χ1n) is 9.85. The number of amides is 1. The number of aryl methyl sites for hydroxylation is 1. The fraction of sp³-hybridized carbons (Fsp3) is 0.650. The largest absolute Gasteiger partial charge is 0.495 e. The maximum absolute atomic E-state index is 12.8. The minimum Gasteiger partial charge on any atom is -0.495 e. The molecule has 0 bridgehead atoms. The highest BCUT2D eigenvalue weighted by atomic mass is 32.2. The van der Waals surface area contributed by atoms with Crippen LogP contribution in [0.25, 0.3) is 0 Å². The molecule has 1 amide bonds. The van der Waals surface area contributed by atoms with Crippen LogP contribution in [0, 0.1) is 12.8 Å². The first-order valence-corrected chi connectivity index (χ1v) is 11.3. The van der Waals surface area contributed by atoms with Gasteiger partial charge in [-0.1, -0.05) is 13.8 Å². The van der Waals surface area contributed by atoms with Crippen LogP contribution < -0.4 is 15.2 Å². The van der Waals surface area contributed by atoms with E-state index in [0.717, 1.165) is 37.1 Å². The molecular formula is C20H33N3O4S. The van der Waals surface area contributed by atoms with Crippen LogP contribution in [0.2, 0.25) is 0 Å². The lowest BCUT2D eigenvalue weighted by Crippen LogP contribution is -2.42. The number of sulfonamides is 1. The molecule has 0 radical (unpaired) electrons. The Hall–Kier alpha value is -1.64. The van der Waals surface area contributed by atoms with Crippen molar-refractivity contribution in [2.24, 2.45) is 11.7 Å². The van der Waals surface area contributed by atoms with Gasteiger partial charge < -0.3 is 15.4 Å². The number of carbonyl (C=O) groups excluding carboxylic acids is 1. The fourth-order valence-electron chi connectivity index (χ4n) is 3.75. The molecule has 1 aromatic carbocycles. The number of rotatable bonds is 9. The van der Waals surface area contributed by atoms with Crippen molar-refractivity contribution in [2.45, 2.75) is 50.8 Å². The van der Waals surface area contributed by atoms with Crippen LogP contribution >= 0.6 is 0 Å². The lowest BCUT2D eigenvalue weighted by atomic mass is 9.97. The Morgan fingerprint density at radius 2 is 2.11 bits per heavy atom. The Kier molecular flexibility index (Phi) is 7.86. The summed E-state index contributed by atoms with van der Waals surface area (Å²) in [6.07, 6.45) is 2.44. The molecule has 1 heterocycles. The molecule has 3 N–H and O–H groups in total. The highest BCUT2D eigenvalue weighted by molar-refractivity contribution is 7.89. The molecule has 0 aliphatic carbocycles. The molecule has 28 heavy (non-hydrogen) atoms. The van der Waals surface area contributed by atoms with Crippen molar-refractivity contribution >= 4 is 15.9 Å². The predicted molar refractivity (Wildman–Crippen MR) is 110 cm³/mol. The Morgan fingerprint density at radius 3 is 2.71 bits per heavy atom. The Balaban J connectivity index is 1.98. The van der Waals surface area contributed by atoms with Gasteiger partial charge in [-0.05, 0) is 68.5 Å². The van der Waals surface area contributed by atoms with E-state index in [0.29, 0.717) is 25.3 Å². The summed E-state index contributed by atoms with van der Waals surface area (Å²) in [7, 11) is -2.19. The fourth-order valence-corrected chi connectivity index (χ4v) is 5.00. The summed E-state index contributed by atoms with van der Waals surface area (Å²) in [4.78, 5) is 13.7. The first kappa shape index (κ1) is 22.6. The van der Waals surface area contributed by atoms with Crippen molar-refractivity contribution in [3.63, 3.8) is 0 Å². The highest BCUT2D eigenvalue weighted by Gasteiger charge is 2.24. The summed E-state index contributed by atoms with van der Waals surface area (Å²) < 4.78 is 33.6. The number of methoxy groups -OCH3 is 1. The lowest BCUT2D eigenvalue weighted by molar-refractivity contribution is -0.123. The third kappa shape index (κ3) is 5.68. The van der Waals surface area contributed by atoms with E-state index in [1.54, 1.807) is 12.1 Å². The minimum absolute atomic E-state index is 0.100. The molecule has 7 nitrogen and oxygen atoms in total. The van der Waals surface area contributed by atoms with Gasteiger partial charge in [0.25, 0.3) is 0 Å². The molecule has 158 valence electrons. The van der Waals surface area contributed by atoms with Gasteiger partial charge >= 0.3 is 0 Å². The second-order valence-corrected chi connectivity index (χ2v) is 9.54. The smallest absolute Gasteiger partial charge is 0.244 e. The van der Waals surface area contributed by atoms with Gasteiger partial charge in [0.05, 0.1) is 13.0 Å². The zero-order valence-corrected chi connectivity index (χ0v) is 18.1. The van der Waals surface area contributed by atoms with E-state index in [-0.39, 0.29) is 22.6 Å². The molecule has 1 unspecified atom stereocenters. The van der Waals surface area contributed by atoms with E-state index in [1.165, 1.54) is 7.11 Å². The average Bonchev–Trinajstić information content (AvgIpc) is 2.64. The van der Waals surface area contributed by atoms with E-state index in [2.05, 4.69) is 9.62 Å². The lowest BCUT2D eigenvalue weighted by Gasteiger charge is -2.31. The topological polar surface area (TPSA) is 102 Å². The number of hydrogen-bond acceptors (Lipinski definition) is 5. The van der Waals surface area contributed by atoms with Crippen LogP contribution in [-0.2, 0) is 14.8 Å². The summed E-state index contributed by atoms with van der Waals surface area (Å²) in [5.74, 6) is 0.224. The van der Waals surface area contributed by atoms with Crippen molar-refractivity contribution in [1.29, 1.82) is 0 Å². The number of ether oxygens (including phenoxy) is 1. The van der Waals surface area contributed by atoms with E-state index in [9.17, 15) is 13.2 Å². The first-order chi connectivity index (χ1) is 13.2. The van der Waals surface area contributed by atoms with Crippen molar-refractivity contribution in [3.05, 3.63) is 23.3 Å². The second kappa shape index (κ2) is 9.71. The van der Waals surface area contributed by atoms with E-state index < -0.39 is 10.0 Å². The number of carbonyl (C=O) groups is 1. The molecule has 1 aliphatic rings. The highest BCUT2D eigenvalue weighted by Crippen LogP contribution is 2.31. The van der Waals surface area contributed by atoms with Gasteiger partial charge in [0.2, 0.25) is 15.9 Å². The van der Waals surface area contributed by atoms with E-state index in [1.807, 2.05) is 20.8 Å². The Morgan fingerprint density at radius 1 is 1.39 bits per heavy atom. The van der Waals surface area contributed by atoms with Crippen molar-refractivity contribution in [3.8, 4) is 5.75 Å². The minimum atomic E-state index is -3.67. The van der Waals surface area contributed by atoms with Gasteiger partial charge in [-0.15, -0.1) is 0 Å². The number of nitrogens with two attached hydrogens (primary N) is 1. The maximum Gasteiger partial charge on any atom is 0.244 e. The summed E-state index contributed by atoms with van der Waals surface area (Å²) in [6.45, 7) is 8.67. The van der Waals surface area contributed by atoms with Crippen LogP contribution in [0.15, 0.2) is 17.0 Å². The number of nitrogens with zero attached hydrogens (tertiary/aromatic N) is 1. The van der Waals surface area contributed by atoms with Crippen molar-refractivity contribution < 1.29 is 17.9 Å². The van der Waals surface area contributed by atoms with E-state index >= 15 is 0 Å². The number of piperidine rings is 1. The van der Waals surface area contributed by atoms with Gasteiger partial charge in [-0.2, -0.15) is 0 Å². The quantitative estimate of drug-likeness (QED) is 0.605. The van der Waals surface area contributed by atoms with Gasteiger partial charge in [0.1, 0.15) is 10.6 Å². The van der Waals surface area contributed by atoms with Gasteiger partial charge in [0, 0.05) is 13.1 Å². The molecule has 1 aromatic rings. The van der Waals surface area contributed by atoms with Crippen molar-refractivity contribution in [1.82, 2.24) is 9.62 Å². The molecule has 8 heteroatoms. The Labute approximate surface area is 168 Å². The molecular weight excluding hydrogens is 378 g/mol. The SMILES string of the molecule is COc1cc(C)c(C(C)C)cc1S(=O)(=O)NCCCN1CCCC(C(N)=O)C1. The maximum atomic E-state index is 12.8. The summed E-state index contributed by atoms with van der Waals surface area (Å²) in [5, 5.41) is 0. The summed E-state index contributed by atoms with van der Waals surface area (Å²) in [6, 6.07) is 3.49. The van der Waals surface area contributed by atoms with Crippen molar-refractivity contribution in [2.75, 3.05) is 33.3 Å². The predicted octanol–water partition coefficient (Wildman–Crippen LogP) is 1.99. The monoisotopic (exact) mass is 411 g/mol. The average molecular weight is 412 g/mol. The molecule has 2 rings (SSSR count). The summed E-state index contributed by atoms with van der Waals surface area (Å²) >= 11 is 0. The van der Waals surface area contributed by atoms with Gasteiger partial charge in [-0.25, -0.2) is 13.1 Å². The van der Waals surface area contributed by atoms with Crippen LogP contribution in [0.1, 0.15) is 50.2 Å². The molecule has 1 aliphatic heterocycles. The third-order valence-electron chi connectivity index (χ3n) is 5.31. The van der Waals surface area contributed by atoms with Crippen LogP contribution in [0.4, 0.5) is 0 Å². The van der Waals surface area contributed by atoms with Crippen LogP contribution in [-0.4, -0.2) is 52.5 Å². The zero-order chi connectivity index (χ0) is 20.9. The number of likely N-dealkylation sites (tertiary alicyclic amines) is 1. The van der Waals surface area contributed by atoms with Gasteiger partial charge in [0.15, 0.2) is 0 Å². The number of nitrogens with one attached hydrogen (secondary N) is 1. The number of primary amides is 1. The molecule has 0 spiro atoms. The number of benzene rings is 1. The molecule has 1 fully saturated rings. The zero-order valence-electron chi connectivity index (χ0n) is 17.3. The van der Waals surface area contributed by atoms with E-state index in [4.69, 9.17) is 10.5 Å².